The predicted molar refractivity (Wildman–Crippen MR) is 348 cm³/mol. The van der Waals surface area contributed by atoms with Gasteiger partial charge in [0.05, 0.1) is 38.6 Å². The summed E-state index contributed by atoms with van der Waals surface area (Å²) in [4.78, 5) is 13.6. The molecule has 0 heterocycles. The van der Waals surface area contributed by atoms with Crippen molar-refractivity contribution in [2.24, 2.45) is 0 Å². The van der Waals surface area contributed by atoms with Crippen LogP contribution >= 0.6 is 0 Å². The Balaban J connectivity index is 3.77. The molecular weight excluding hydrogens is 989 g/mol. The van der Waals surface area contributed by atoms with Crippen LogP contribution in [0.4, 0.5) is 0 Å². The Hall–Kier alpha value is -2.57. The molecule has 0 aliphatic rings. The third-order valence-corrected chi connectivity index (χ3v) is 15.8. The molecule has 0 N–H and O–H groups in total. The largest absolute Gasteiger partial charge is 0.489 e. The van der Waals surface area contributed by atoms with Crippen molar-refractivity contribution in [3.05, 3.63) is 11.6 Å². The molecule has 80 heavy (non-hydrogen) atoms. The Morgan fingerprint density at radius 3 is 0.650 bits per heavy atom. The second-order valence-corrected chi connectivity index (χ2v) is 25.1. The zero-order valence-electron chi connectivity index (χ0n) is 54.9. The topological polar surface area (TPSA) is 72.5 Å². The molecule has 0 saturated carbocycles. The van der Waals surface area contributed by atoms with Gasteiger partial charge >= 0.3 is 5.97 Å². The molecule has 0 spiro atoms. The first-order valence-corrected chi connectivity index (χ1v) is 35.5. The summed E-state index contributed by atoms with van der Waals surface area (Å²) in [6, 6.07) is 0. The lowest BCUT2D eigenvalue weighted by Crippen LogP contribution is -2.22. The van der Waals surface area contributed by atoms with Crippen LogP contribution in [0.5, 0.6) is 28.7 Å². The molecule has 0 atom stereocenters. The van der Waals surface area contributed by atoms with Crippen molar-refractivity contribution in [1.29, 1.82) is 0 Å². The van der Waals surface area contributed by atoms with Gasteiger partial charge in [0.25, 0.3) is 0 Å². The Morgan fingerprint density at radius 2 is 0.450 bits per heavy atom. The summed E-state index contributed by atoms with van der Waals surface area (Å²) < 4.78 is 41.1. The molecule has 1 aromatic carbocycles. The van der Waals surface area contributed by atoms with Gasteiger partial charge in [-0.3, -0.25) is 0 Å². The molecule has 0 aliphatic heterocycles. The van der Waals surface area contributed by atoms with E-state index in [0.29, 0.717) is 67.3 Å². The molecule has 7 nitrogen and oxygen atoms in total. The minimum Gasteiger partial charge on any atom is -0.489 e. The average molecular weight is 1130 g/mol. The summed E-state index contributed by atoms with van der Waals surface area (Å²) in [5, 5.41) is 0. The van der Waals surface area contributed by atoms with E-state index in [1.165, 1.54) is 257 Å². The minimum absolute atomic E-state index is 0.402. The van der Waals surface area contributed by atoms with Crippen LogP contribution in [0.15, 0.2) is 6.08 Å². The Bertz CT molecular complexity index is 1440. The van der Waals surface area contributed by atoms with E-state index in [2.05, 4.69) is 34.6 Å². The lowest BCUT2D eigenvalue weighted by Gasteiger charge is -2.25. The quantitative estimate of drug-likeness (QED) is 0.0366. The minimum atomic E-state index is -0.635. The van der Waals surface area contributed by atoms with Crippen molar-refractivity contribution < 1.29 is 33.2 Å². The second kappa shape index (κ2) is 56.9. The van der Waals surface area contributed by atoms with E-state index < -0.39 is 11.6 Å². The van der Waals surface area contributed by atoms with Crippen LogP contribution in [0.1, 0.15) is 382 Å². The van der Waals surface area contributed by atoms with Crippen LogP contribution in [0, 0.1) is 0 Å². The summed E-state index contributed by atoms with van der Waals surface area (Å²) in [6.07, 6.45) is 66.1. The highest BCUT2D eigenvalue weighted by molar-refractivity contribution is 5.90. The number of unbranched alkanes of at least 4 members (excludes halogenated alkanes) is 45. The SMILES string of the molecule is CCCCCCCCCCCCOc1c(C=CC(=O)OC(C)(C)C)c(OCCCCCCCCCCCC)c(OCCCCCCCCCCCC)c(OCCCCCCCCCCCC)c1OCCCCCCCCCCCC. The summed E-state index contributed by atoms with van der Waals surface area (Å²) in [7, 11) is 0. The van der Waals surface area contributed by atoms with Crippen LogP contribution in [-0.2, 0) is 9.53 Å². The highest BCUT2D eigenvalue weighted by atomic mass is 16.6. The third-order valence-electron chi connectivity index (χ3n) is 15.8. The molecule has 0 unspecified atom stereocenters. The van der Waals surface area contributed by atoms with Gasteiger partial charge in [-0.1, -0.05) is 324 Å². The van der Waals surface area contributed by atoms with Crippen molar-refractivity contribution in [1.82, 2.24) is 0 Å². The highest BCUT2D eigenvalue weighted by Crippen LogP contribution is 2.55. The number of esters is 1. The lowest BCUT2D eigenvalue weighted by molar-refractivity contribution is -0.148. The summed E-state index contributed by atoms with van der Waals surface area (Å²) in [5.41, 5.74) is 0.0433. The smallest absolute Gasteiger partial charge is 0.331 e. The molecule has 0 aromatic heterocycles. The van der Waals surface area contributed by atoms with Gasteiger partial charge in [-0.2, -0.15) is 0 Å². The maximum Gasteiger partial charge on any atom is 0.331 e. The number of carbonyl (C=O) groups is 1. The van der Waals surface area contributed by atoms with Crippen molar-refractivity contribution in [2.45, 2.75) is 382 Å². The van der Waals surface area contributed by atoms with E-state index in [4.69, 9.17) is 28.4 Å². The fraction of sp³-hybridized carbons (Fsp3) is 0.877. The standard InChI is InChI=1S/C73H136O7/c1-9-14-19-24-29-34-39-44-49-54-61-75-68-66(59-60-67(74)80-73(6,7)8)69(76-62-55-50-45-40-35-30-25-20-15-10-2)71(78-64-57-52-47-42-37-32-27-22-17-12-4)72(79-65-58-53-48-43-38-33-28-23-18-13-5)70(68)77-63-56-51-46-41-36-31-26-21-16-11-3/h59-60H,9-58,61-65H2,1-8H3. The van der Waals surface area contributed by atoms with Gasteiger partial charge < -0.3 is 28.4 Å². The van der Waals surface area contributed by atoms with Crippen LogP contribution in [0.2, 0.25) is 0 Å². The van der Waals surface area contributed by atoms with Gasteiger partial charge in [0, 0.05) is 6.08 Å². The first kappa shape index (κ1) is 75.4. The zero-order valence-corrected chi connectivity index (χ0v) is 54.9. The molecule has 1 rings (SSSR count). The highest BCUT2D eigenvalue weighted by Gasteiger charge is 2.30. The molecule has 0 bridgehead atoms. The zero-order chi connectivity index (χ0) is 58.1. The maximum absolute atomic E-state index is 13.6. The van der Waals surface area contributed by atoms with E-state index in [1.807, 2.05) is 26.8 Å². The van der Waals surface area contributed by atoms with Crippen LogP contribution in [0.25, 0.3) is 6.08 Å². The van der Waals surface area contributed by atoms with Crippen LogP contribution < -0.4 is 23.7 Å². The van der Waals surface area contributed by atoms with Gasteiger partial charge in [-0.05, 0) is 59.0 Å². The first-order valence-electron chi connectivity index (χ1n) is 35.5. The van der Waals surface area contributed by atoms with E-state index in [-0.39, 0.29) is 0 Å². The molecule has 0 radical (unpaired) electrons. The third kappa shape index (κ3) is 44.9. The van der Waals surface area contributed by atoms with Crippen molar-refractivity contribution >= 4 is 12.0 Å². The molecule has 7 heteroatoms. The fourth-order valence-electron chi connectivity index (χ4n) is 10.8. The Kier molecular flexibility index (Phi) is 53.6. The fourth-order valence-corrected chi connectivity index (χ4v) is 10.8. The Morgan fingerprint density at radius 1 is 0.275 bits per heavy atom. The van der Waals surface area contributed by atoms with Crippen molar-refractivity contribution in [3.8, 4) is 28.7 Å². The number of hydrogen-bond acceptors (Lipinski definition) is 7. The molecule has 1 aromatic rings. The second-order valence-electron chi connectivity index (χ2n) is 25.1. The molecule has 0 amide bonds. The normalized spacial score (nSPS) is 11.8. The van der Waals surface area contributed by atoms with Crippen LogP contribution in [-0.4, -0.2) is 44.6 Å². The average Bonchev–Trinajstić information content (AvgIpc) is 3.60. The summed E-state index contributed by atoms with van der Waals surface area (Å²) in [5.74, 6) is 2.57. The summed E-state index contributed by atoms with van der Waals surface area (Å²) in [6.45, 7) is 19.9. The first-order chi connectivity index (χ1) is 39.2. The lowest BCUT2D eigenvalue weighted by atomic mass is 10.1. The van der Waals surface area contributed by atoms with E-state index in [9.17, 15) is 4.79 Å². The number of ether oxygens (including phenoxy) is 6. The molecule has 0 fully saturated rings. The van der Waals surface area contributed by atoms with Gasteiger partial charge in [-0.15, -0.1) is 0 Å². The Labute approximate surface area is 498 Å². The maximum atomic E-state index is 13.6. The predicted octanol–water partition coefficient (Wildman–Crippen LogP) is 24.5. The number of hydrogen-bond donors (Lipinski definition) is 0. The molecule has 0 aliphatic carbocycles. The van der Waals surface area contributed by atoms with Gasteiger partial charge in [-0.25, -0.2) is 4.79 Å². The van der Waals surface area contributed by atoms with Gasteiger partial charge in [0.2, 0.25) is 17.2 Å². The van der Waals surface area contributed by atoms with Gasteiger partial charge in [0.1, 0.15) is 5.60 Å². The molecular formula is C73H136O7. The molecule has 0 saturated heterocycles. The van der Waals surface area contributed by atoms with E-state index >= 15 is 0 Å². The molecule has 470 valence electrons. The monoisotopic (exact) mass is 1130 g/mol. The van der Waals surface area contributed by atoms with E-state index in [1.54, 1.807) is 6.08 Å². The van der Waals surface area contributed by atoms with E-state index in [0.717, 1.165) is 64.2 Å². The summed E-state index contributed by atoms with van der Waals surface area (Å²) >= 11 is 0. The number of rotatable bonds is 62. The number of benzene rings is 1. The van der Waals surface area contributed by atoms with Crippen LogP contribution in [0.3, 0.4) is 0 Å². The van der Waals surface area contributed by atoms with Gasteiger partial charge in [0.15, 0.2) is 11.5 Å². The van der Waals surface area contributed by atoms with Crippen molar-refractivity contribution in [2.75, 3.05) is 33.0 Å². The van der Waals surface area contributed by atoms with Crippen molar-refractivity contribution in [3.63, 3.8) is 0 Å². The number of carbonyl (C=O) groups excluding carboxylic acids is 1.